The zero-order valence-corrected chi connectivity index (χ0v) is 15.5. The van der Waals surface area contributed by atoms with Gasteiger partial charge >= 0.3 is 0 Å². The van der Waals surface area contributed by atoms with Crippen molar-refractivity contribution < 1.29 is 9.32 Å². The maximum Gasteiger partial charge on any atom is 0.240 e. The van der Waals surface area contributed by atoms with E-state index in [1.165, 1.54) is 5.56 Å². The normalized spacial score (nSPS) is 12.1. The summed E-state index contributed by atoms with van der Waals surface area (Å²) < 4.78 is 5.22. The summed E-state index contributed by atoms with van der Waals surface area (Å²) >= 11 is 0. The minimum absolute atomic E-state index is 0.0904. The molecule has 1 heterocycles. The lowest BCUT2D eigenvalue weighted by atomic mass is 10.0. The fourth-order valence-corrected chi connectivity index (χ4v) is 2.28. The van der Waals surface area contributed by atoms with Crippen molar-refractivity contribution in [1.82, 2.24) is 20.4 Å². The number of amides is 1. The fraction of sp³-hybridized carbons (Fsp3) is 0.421. The van der Waals surface area contributed by atoms with Gasteiger partial charge in [-0.1, -0.05) is 47.1 Å². The Morgan fingerprint density at radius 1 is 1.28 bits per heavy atom. The summed E-state index contributed by atoms with van der Waals surface area (Å²) in [5.41, 5.74) is 1.59. The van der Waals surface area contributed by atoms with Gasteiger partial charge in [0.15, 0.2) is 5.82 Å². The third kappa shape index (κ3) is 5.83. The van der Waals surface area contributed by atoms with E-state index in [2.05, 4.69) is 15.5 Å². The zero-order chi connectivity index (χ0) is 18.4. The second kappa shape index (κ2) is 8.07. The van der Waals surface area contributed by atoms with Crippen LogP contribution < -0.4 is 5.32 Å². The van der Waals surface area contributed by atoms with Crippen LogP contribution in [0.5, 0.6) is 0 Å². The molecule has 6 nitrogen and oxygen atoms in total. The van der Waals surface area contributed by atoms with E-state index in [-0.39, 0.29) is 5.91 Å². The molecule has 0 radical (unpaired) electrons. The molecule has 0 atom stereocenters. The lowest BCUT2D eigenvalue weighted by Crippen LogP contribution is -2.41. The van der Waals surface area contributed by atoms with Crippen LogP contribution in [0.4, 0.5) is 0 Å². The van der Waals surface area contributed by atoms with Crippen molar-refractivity contribution >= 4 is 12.0 Å². The first-order chi connectivity index (χ1) is 11.8. The highest BCUT2D eigenvalue weighted by molar-refractivity contribution is 5.79. The number of carbonyl (C=O) groups is 1. The van der Waals surface area contributed by atoms with Gasteiger partial charge in [-0.05, 0) is 40.4 Å². The van der Waals surface area contributed by atoms with Crippen molar-refractivity contribution in [2.75, 3.05) is 14.1 Å². The molecule has 0 saturated heterocycles. The second-order valence-corrected chi connectivity index (χ2v) is 6.94. The van der Waals surface area contributed by atoms with Gasteiger partial charge in [-0.25, -0.2) is 0 Å². The largest absolute Gasteiger partial charge is 0.344 e. The lowest BCUT2D eigenvalue weighted by molar-refractivity contribution is -0.122. The molecule has 25 heavy (non-hydrogen) atoms. The molecule has 1 N–H and O–H groups in total. The van der Waals surface area contributed by atoms with Gasteiger partial charge in [-0.3, -0.25) is 4.79 Å². The SMILES string of the molecule is Cc1ccc(/C=C/CC(=O)NC(C)(C)c2noc(CN(C)C)n2)cc1. The molecule has 1 aromatic carbocycles. The van der Waals surface area contributed by atoms with Gasteiger partial charge in [-0.2, -0.15) is 4.98 Å². The molecule has 0 aliphatic rings. The van der Waals surface area contributed by atoms with Gasteiger partial charge in [0.1, 0.15) is 0 Å². The summed E-state index contributed by atoms with van der Waals surface area (Å²) in [6.07, 6.45) is 4.08. The molecule has 2 rings (SSSR count). The van der Waals surface area contributed by atoms with Crippen LogP contribution in [0.2, 0.25) is 0 Å². The number of nitrogens with zero attached hydrogens (tertiary/aromatic N) is 3. The van der Waals surface area contributed by atoms with Gasteiger partial charge in [-0.15, -0.1) is 0 Å². The molecule has 0 saturated carbocycles. The summed E-state index contributed by atoms with van der Waals surface area (Å²) in [4.78, 5) is 18.5. The summed E-state index contributed by atoms with van der Waals surface area (Å²) in [7, 11) is 3.86. The predicted molar refractivity (Wildman–Crippen MR) is 97.7 cm³/mol. The number of aryl methyl sites for hydroxylation is 1. The number of benzene rings is 1. The van der Waals surface area contributed by atoms with E-state index in [1.54, 1.807) is 0 Å². The number of carbonyl (C=O) groups excluding carboxylic acids is 1. The maximum absolute atomic E-state index is 12.2. The van der Waals surface area contributed by atoms with Crippen molar-refractivity contribution in [3.8, 4) is 0 Å². The lowest BCUT2D eigenvalue weighted by Gasteiger charge is -2.21. The van der Waals surface area contributed by atoms with E-state index in [0.717, 1.165) is 5.56 Å². The zero-order valence-electron chi connectivity index (χ0n) is 15.5. The van der Waals surface area contributed by atoms with Gasteiger partial charge in [0.25, 0.3) is 0 Å². The molecule has 2 aromatic rings. The Morgan fingerprint density at radius 3 is 2.60 bits per heavy atom. The van der Waals surface area contributed by atoms with E-state index in [4.69, 9.17) is 4.52 Å². The van der Waals surface area contributed by atoms with Crippen LogP contribution in [0.1, 0.15) is 43.1 Å². The summed E-state index contributed by atoms with van der Waals surface area (Å²) in [5.74, 6) is 0.911. The number of rotatable bonds is 7. The Bertz CT molecular complexity index is 730. The van der Waals surface area contributed by atoms with Crippen LogP contribution in [-0.2, 0) is 16.9 Å². The second-order valence-electron chi connectivity index (χ2n) is 6.94. The summed E-state index contributed by atoms with van der Waals surface area (Å²) in [5, 5.41) is 6.93. The molecule has 134 valence electrons. The third-order valence-electron chi connectivity index (χ3n) is 3.62. The predicted octanol–water partition coefficient (Wildman–Crippen LogP) is 2.89. The van der Waals surface area contributed by atoms with Gasteiger partial charge in [0, 0.05) is 6.42 Å². The first kappa shape index (κ1) is 18.9. The average molecular weight is 342 g/mol. The summed E-state index contributed by atoms with van der Waals surface area (Å²) in [6.45, 7) is 6.33. The monoisotopic (exact) mass is 342 g/mol. The number of hydrogen-bond acceptors (Lipinski definition) is 5. The Kier molecular flexibility index (Phi) is 6.09. The van der Waals surface area contributed by atoms with E-state index in [1.807, 2.05) is 76.2 Å². The van der Waals surface area contributed by atoms with Crippen LogP contribution >= 0.6 is 0 Å². The molecule has 0 aliphatic carbocycles. The minimum atomic E-state index is -0.692. The van der Waals surface area contributed by atoms with E-state index in [9.17, 15) is 4.79 Å². The van der Waals surface area contributed by atoms with Crippen molar-refractivity contribution in [2.45, 2.75) is 39.3 Å². The molecule has 6 heteroatoms. The molecule has 0 aliphatic heterocycles. The van der Waals surface area contributed by atoms with Crippen molar-refractivity contribution in [3.63, 3.8) is 0 Å². The first-order valence-electron chi connectivity index (χ1n) is 8.28. The van der Waals surface area contributed by atoms with E-state index < -0.39 is 5.54 Å². The van der Waals surface area contributed by atoms with Crippen molar-refractivity contribution in [1.29, 1.82) is 0 Å². The number of aromatic nitrogens is 2. The number of nitrogens with one attached hydrogen (secondary N) is 1. The highest BCUT2D eigenvalue weighted by Crippen LogP contribution is 2.17. The Balaban J connectivity index is 1.91. The van der Waals surface area contributed by atoms with Crippen molar-refractivity contribution in [3.05, 3.63) is 53.2 Å². The van der Waals surface area contributed by atoms with Crippen LogP contribution in [0.25, 0.3) is 6.08 Å². The standard InChI is InChI=1S/C19H26N4O2/c1-14-9-11-15(12-10-14)7-6-8-16(24)21-19(2,3)18-20-17(25-22-18)13-23(4)5/h6-7,9-12H,8,13H2,1-5H3,(H,21,24)/b7-6+. The minimum Gasteiger partial charge on any atom is -0.344 e. The van der Waals surface area contributed by atoms with Crippen LogP contribution in [-0.4, -0.2) is 35.0 Å². The third-order valence-corrected chi connectivity index (χ3v) is 3.62. The molecular formula is C19H26N4O2. The Hall–Kier alpha value is -2.47. The molecule has 1 aromatic heterocycles. The molecule has 0 bridgehead atoms. The van der Waals surface area contributed by atoms with Gasteiger partial charge in [0.05, 0.1) is 12.1 Å². The molecular weight excluding hydrogens is 316 g/mol. The quantitative estimate of drug-likeness (QED) is 0.838. The highest BCUT2D eigenvalue weighted by Gasteiger charge is 2.28. The molecule has 1 amide bonds. The van der Waals surface area contributed by atoms with E-state index >= 15 is 0 Å². The van der Waals surface area contributed by atoms with Crippen LogP contribution in [0, 0.1) is 6.92 Å². The smallest absolute Gasteiger partial charge is 0.240 e. The van der Waals surface area contributed by atoms with Gasteiger partial charge in [0.2, 0.25) is 11.8 Å². The average Bonchev–Trinajstić information content (AvgIpc) is 2.97. The van der Waals surface area contributed by atoms with Crippen LogP contribution in [0.3, 0.4) is 0 Å². The van der Waals surface area contributed by atoms with Crippen molar-refractivity contribution in [2.24, 2.45) is 0 Å². The maximum atomic E-state index is 12.2. The highest BCUT2D eigenvalue weighted by atomic mass is 16.5. The fourth-order valence-electron chi connectivity index (χ4n) is 2.28. The Labute approximate surface area is 148 Å². The Morgan fingerprint density at radius 2 is 1.96 bits per heavy atom. The van der Waals surface area contributed by atoms with Crippen LogP contribution in [0.15, 0.2) is 34.9 Å². The molecule has 0 fully saturated rings. The van der Waals surface area contributed by atoms with E-state index in [0.29, 0.717) is 24.7 Å². The molecule has 0 spiro atoms. The first-order valence-corrected chi connectivity index (χ1v) is 8.28. The molecule has 0 unspecified atom stereocenters. The topological polar surface area (TPSA) is 71.3 Å². The number of hydrogen-bond donors (Lipinski definition) is 1. The summed E-state index contributed by atoms with van der Waals surface area (Å²) in [6, 6.07) is 8.15. The van der Waals surface area contributed by atoms with Gasteiger partial charge < -0.3 is 14.7 Å².